The molecule has 0 bridgehead atoms. The van der Waals surface area contributed by atoms with Crippen LogP contribution < -0.4 is 0 Å². The molecule has 0 saturated carbocycles. The third kappa shape index (κ3) is 4.31. The highest BCUT2D eigenvalue weighted by Gasteiger charge is 2.03. The maximum absolute atomic E-state index is 11.3. The molecule has 0 atom stereocenters. The highest BCUT2D eigenvalue weighted by Crippen LogP contribution is 2.08. The van der Waals surface area contributed by atoms with Crippen molar-refractivity contribution >= 4 is 17.8 Å². The minimum absolute atomic E-state index is 0.0326. The van der Waals surface area contributed by atoms with E-state index in [1.54, 1.807) is 36.4 Å². The summed E-state index contributed by atoms with van der Waals surface area (Å²) in [4.78, 5) is 21.6. The van der Waals surface area contributed by atoms with Gasteiger partial charge in [-0.1, -0.05) is 36.4 Å². The van der Waals surface area contributed by atoms with Crippen LogP contribution in [-0.2, 0) is 4.79 Å². The van der Waals surface area contributed by atoms with Crippen molar-refractivity contribution in [2.75, 3.05) is 0 Å². The standard InChI is InChI=1S/C13H11NO3/c14-9-8-12(15)11-6-4-10(5-7-11)2-1-3-13(16)17/h1-2,4-7H,3,8H2,(H,16,17). The first kappa shape index (κ1) is 12.7. The topological polar surface area (TPSA) is 78.2 Å². The van der Waals surface area contributed by atoms with Crippen LogP contribution in [0.15, 0.2) is 30.3 Å². The van der Waals surface area contributed by atoms with Crippen LogP contribution >= 0.6 is 0 Å². The molecule has 86 valence electrons. The van der Waals surface area contributed by atoms with Crippen molar-refractivity contribution in [3.05, 3.63) is 41.5 Å². The van der Waals surface area contributed by atoms with E-state index in [-0.39, 0.29) is 18.6 Å². The molecule has 0 amide bonds. The number of benzene rings is 1. The number of nitrogens with zero attached hydrogens (tertiary/aromatic N) is 1. The van der Waals surface area contributed by atoms with E-state index in [4.69, 9.17) is 10.4 Å². The van der Waals surface area contributed by atoms with E-state index >= 15 is 0 Å². The molecule has 4 nitrogen and oxygen atoms in total. The summed E-state index contributed by atoms with van der Waals surface area (Å²) in [5.41, 5.74) is 1.31. The molecule has 17 heavy (non-hydrogen) atoms. The van der Waals surface area contributed by atoms with Crippen molar-refractivity contribution < 1.29 is 14.7 Å². The molecule has 0 aliphatic carbocycles. The Labute approximate surface area is 98.8 Å². The van der Waals surface area contributed by atoms with Crippen molar-refractivity contribution in [2.45, 2.75) is 12.8 Å². The fourth-order valence-corrected chi connectivity index (χ4v) is 1.25. The number of carbonyl (C=O) groups is 2. The summed E-state index contributed by atoms with van der Waals surface area (Å²) in [6.45, 7) is 0. The van der Waals surface area contributed by atoms with Crippen molar-refractivity contribution in [1.29, 1.82) is 5.26 Å². The van der Waals surface area contributed by atoms with Crippen molar-refractivity contribution in [3.8, 4) is 6.07 Å². The summed E-state index contributed by atoms with van der Waals surface area (Å²) in [7, 11) is 0. The highest BCUT2D eigenvalue weighted by atomic mass is 16.4. The summed E-state index contributed by atoms with van der Waals surface area (Å²) < 4.78 is 0. The molecule has 0 radical (unpaired) electrons. The van der Waals surface area contributed by atoms with E-state index in [2.05, 4.69) is 0 Å². The Morgan fingerprint density at radius 1 is 1.29 bits per heavy atom. The van der Waals surface area contributed by atoms with E-state index in [9.17, 15) is 9.59 Å². The summed E-state index contributed by atoms with van der Waals surface area (Å²) in [5.74, 6) is -1.10. The molecule has 1 rings (SSSR count). The SMILES string of the molecule is N#CCC(=O)c1ccc(C=CCC(=O)O)cc1. The lowest BCUT2D eigenvalue weighted by Gasteiger charge is -1.97. The Kier molecular flexibility index (Phi) is 4.64. The van der Waals surface area contributed by atoms with Gasteiger partial charge in [-0.05, 0) is 5.56 Å². The van der Waals surface area contributed by atoms with Crippen LogP contribution in [0.3, 0.4) is 0 Å². The smallest absolute Gasteiger partial charge is 0.307 e. The number of carbonyl (C=O) groups excluding carboxylic acids is 1. The fourth-order valence-electron chi connectivity index (χ4n) is 1.25. The second kappa shape index (κ2) is 6.23. The first-order valence-corrected chi connectivity index (χ1v) is 5.02. The van der Waals surface area contributed by atoms with Crippen LogP contribution in [0.2, 0.25) is 0 Å². The molecule has 0 aliphatic heterocycles. The fraction of sp³-hybridized carbons (Fsp3) is 0.154. The van der Waals surface area contributed by atoms with Gasteiger partial charge in [-0.25, -0.2) is 0 Å². The third-order valence-electron chi connectivity index (χ3n) is 2.08. The van der Waals surface area contributed by atoms with Gasteiger partial charge in [0.15, 0.2) is 5.78 Å². The molecule has 0 spiro atoms. The number of Topliss-reactive ketones (excluding diaryl/α,β-unsaturated/α-hetero) is 1. The second-order valence-electron chi connectivity index (χ2n) is 3.38. The lowest BCUT2D eigenvalue weighted by atomic mass is 10.1. The van der Waals surface area contributed by atoms with E-state index in [1.807, 2.05) is 0 Å². The average Bonchev–Trinajstić information content (AvgIpc) is 2.30. The molecular weight excluding hydrogens is 218 g/mol. The number of carboxylic acid groups (broad SMARTS) is 1. The minimum atomic E-state index is -0.887. The normalized spacial score (nSPS) is 10.1. The van der Waals surface area contributed by atoms with E-state index in [0.717, 1.165) is 5.56 Å². The Morgan fingerprint density at radius 2 is 1.94 bits per heavy atom. The number of hydrogen-bond donors (Lipinski definition) is 1. The van der Waals surface area contributed by atoms with Crippen LogP contribution in [0.5, 0.6) is 0 Å². The Bertz CT molecular complexity index is 480. The lowest BCUT2D eigenvalue weighted by Crippen LogP contribution is -1.96. The van der Waals surface area contributed by atoms with Gasteiger partial charge in [-0.15, -0.1) is 0 Å². The zero-order chi connectivity index (χ0) is 12.7. The number of ketones is 1. The Hall–Kier alpha value is -2.41. The predicted molar refractivity (Wildman–Crippen MR) is 62.3 cm³/mol. The molecule has 0 fully saturated rings. The molecular formula is C13H11NO3. The van der Waals surface area contributed by atoms with Crippen LogP contribution in [0.4, 0.5) is 0 Å². The zero-order valence-corrected chi connectivity index (χ0v) is 9.09. The van der Waals surface area contributed by atoms with Gasteiger partial charge in [0.2, 0.25) is 0 Å². The van der Waals surface area contributed by atoms with Crippen LogP contribution in [0, 0.1) is 11.3 Å². The van der Waals surface area contributed by atoms with Crippen LogP contribution in [0.25, 0.3) is 6.08 Å². The van der Waals surface area contributed by atoms with Gasteiger partial charge in [0, 0.05) is 5.56 Å². The van der Waals surface area contributed by atoms with Gasteiger partial charge in [0.05, 0.1) is 18.9 Å². The molecule has 0 aromatic heterocycles. The van der Waals surface area contributed by atoms with Gasteiger partial charge in [0.1, 0.15) is 0 Å². The average molecular weight is 229 g/mol. The molecule has 1 aromatic carbocycles. The van der Waals surface area contributed by atoms with E-state index in [1.165, 1.54) is 6.08 Å². The number of carboxylic acids is 1. The first-order valence-electron chi connectivity index (χ1n) is 5.02. The van der Waals surface area contributed by atoms with Crippen LogP contribution in [0.1, 0.15) is 28.8 Å². The maximum Gasteiger partial charge on any atom is 0.307 e. The number of aliphatic carboxylic acids is 1. The van der Waals surface area contributed by atoms with Gasteiger partial charge < -0.3 is 5.11 Å². The van der Waals surface area contributed by atoms with Crippen molar-refractivity contribution in [2.24, 2.45) is 0 Å². The molecule has 1 N–H and O–H groups in total. The minimum Gasteiger partial charge on any atom is -0.481 e. The molecule has 4 heteroatoms. The van der Waals surface area contributed by atoms with Crippen LogP contribution in [-0.4, -0.2) is 16.9 Å². The van der Waals surface area contributed by atoms with Gasteiger partial charge in [-0.2, -0.15) is 5.26 Å². The molecule has 1 aromatic rings. The summed E-state index contributed by atoms with van der Waals surface area (Å²) in [5, 5.41) is 16.8. The number of rotatable bonds is 5. The monoisotopic (exact) mass is 229 g/mol. The second-order valence-corrected chi connectivity index (χ2v) is 3.38. The van der Waals surface area contributed by atoms with Crippen molar-refractivity contribution in [1.82, 2.24) is 0 Å². The molecule has 0 unspecified atom stereocenters. The van der Waals surface area contributed by atoms with Gasteiger partial charge in [0.25, 0.3) is 0 Å². The zero-order valence-electron chi connectivity index (χ0n) is 9.09. The molecule has 0 heterocycles. The van der Waals surface area contributed by atoms with Crippen molar-refractivity contribution in [3.63, 3.8) is 0 Å². The van der Waals surface area contributed by atoms with E-state index in [0.29, 0.717) is 5.56 Å². The summed E-state index contributed by atoms with van der Waals surface area (Å²) in [6, 6.07) is 8.47. The number of nitriles is 1. The molecule has 0 aliphatic rings. The first-order chi connectivity index (χ1) is 8.13. The quantitative estimate of drug-likeness (QED) is 0.785. The highest BCUT2D eigenvalue weighted by molar-refractivity contribution is 5.97. The number of hydrogen-bond acceptors (Lipinski definition) is 3. The maximum atomic E-state index is 11.3. The van der Waals surface area contributed by atoms with Gasteiger partial charge in [-0.3, -0.25) is 9.59 Å². The van der Waals surface area contributed by atoms with Gasteiger partial charge >= 0.3 is 5.97 Å². The largest absolute Gasteiger partial charge is 0.481 e. The summed E-state index contributed by atoms with van der Waals surface area (Å²) >= 11 is 0. The lowest BCUT2D eigenvalue weighted by molar-refractivity contribution is -0.135. The predicted octanol–water partition coefficient (Wildman–Crippen LogP) is 2.27. The third-order valence-corrected chi connectivity index (χ3v) is 2.08. The summed E-state index contributed by atoms with van der Waals surface area (Å²) in [6.07, 6.45) is 3.05. The Balaban J connectivity index is 2.68. The molecule has 0 saturated heterocycles. The Morgan fingerprint density at radius 3 is 2.47 bits per heavy atom. The van der Waals surface area contributed by atoms with E-state index < -0.39 is 5.97 Å².